The fraction of sp³-hybridized carbons (Fsp3) is 0.846. The average Bonchev–Trinajstić information content (AvgIpc) is 2.82. The van der Waals surface area contributed by atoms with Crippen molar-refractivity contribution in [2.75, 3.05) is 19.6 Å². The molecule has 0 radical (unpaired) electrons. The molecular weight excluding hydrogens is 184 g/mol. The minimum Gasteiger partial charge on any atom is -0.307 e. The molecular formula is C13H22N2. The van der Waals surface area contributed by atoms with E-state index < -0.39 is 0 Å². The van der Waals surface area contributed by atoms with Crippen LogP contribution in [0.1, 0.15) is 32.1 Å². The summed E-state index contributed by atoms with van der Waals surface area (Å²) in [5, 5.41) is 3.58. The normalized spacial score (nSPS) is 41.7. The van der Waals surface area contributed by atoms with Gasteiger partial charge < -0.3 is 10.2 Å². The van der Waals surface area contributed by atoms with E-state index in [-0.39, 0.29) is 0 Å². The highest BCUT2D eigenvalue weighted by molar-refractivity contribution is 5.06. The first kappa shape index (κ1) is 9.86. The zero-order valence-electron chi connectivity index (χ0n) is 9.49. The third kappa shape index (κ3) is 1.98. The number of fused-ring (bicyclic) bond motifs is 1. The van der Waals surface area contributed by atoms with Gasteiger partial charge in [-0.2, -0.15) is 0 Å². The monoisotopic (exact) mass is 206 g/mol. The van der Waals surface area contributed by atoms with E-state index in [2.05, 4.69) is 22.4 Å². The van der Waals surface area contributed by atoms with Gasteiger partial charge >= 0.3 is 0 Å². The van der Waals surface area contributed by atoms with Crippen LogP contribution in [0.5, 0.6) is 0 Å². The maximum absolute atomic E-state index is 3.58. The van der Waals surface area contributed by atoms with Crippen molar-refractivity contribution in [2.45, 2.75) is 44.2 Å². The topological polar surface area (TPSA) is 15.3 Å². The second-order valence-corrected chi connectivity index (χ2v) is 5.34. The van der Waals surface area contributed by atoms with Gasteiger partial charge in [-0.1, -0.05) is 18.6 Å². The highest BCUT2D eigenvalue weighted by atomic mass is 15.2. The number of rotatable bonds is 1. The van der Waals surface area contributed by atoms with Gasteiger partial charge in [0.05, 0.1) is 0 Å². The lowest BCUT2D eigenvalue weighted by molar-refractivity contribution is 0.0684. The van der Waals surface area contributed by atoms with Gasteiger partial charge in [0.2, 0.25) is 0 Å². The van der Waals surface area contributed by atoms with Crippen LogP contribution in [0.25, 0.3) is 0 Å². The van der Waals surface area contributed by atoms with Crippen molar-refractivity contribution in [3.8, 4) is 0 Å². The van der Waals surface area contributed by atoms with Crippen molar-refractivity contribution < 1.29 is 0 Å². The molecule has 0 bridgehead atoms. The zero-order chi connectivity index (χ0) is 10.1. The minimum atomic E-state index is 0.674. The van der Waals surface area contributed by atoms with Gasteiger partial charge in [-0.25, -0.2) is 0 Å². The van der Waals surface area contributed by atoms with Gasteiger partial charge in [0.15, 0.2) is 0 Å². The van der Waals surface area contributed by atoms with Crippen LogP contribution in [0.4, 0.5) is 0 Å². The summed E-state index contributed by atoms with van der Waals surface area (Å²) in [7, 11) is 0. The molecule has 0 aliphatic carbocycles. The fourth-order valence-electron chi connectivity index (χ4n) is 3.53. The number of piperidine rings is 2. The van der Waals surface area contributed by atoms with Crippen LogP contribution < -0.4 is 5.32 Å². The molecule has 0 spiro atoms. The molecule has 2 heteroatoms. The molecule has 3 atom stereocenters. The molecule has 0 aromatic heterocycles. The molecule has 3 heterocycles. The standard InChI is InChI=1S/C13H22N2/c1-2-9-15-10-11(6-7-12(15)4-1)13-5-3-8-14-13/h3,5,11-14H,1-2,4,6-10H2. The lowest BCUT2D eigenvalue weighted by Crippen LogP contribution is -2.50. The van der Waals surface area contributed by atoms with Crippen molar-refractivity contribution in [3.63, 3.8) is 0 Å². The Morgan fingerprint density at radius 2 is 2.13 bits per heavy atom. The Labute approximate surface area is 92.7 Å². The minimum absolute atomic E-state index is 0.674. The second kappa shape index (κ2) is 4.26. The summed E-state index contributed by atoms with van der Waals surface area (Å²) in [5.41, 5.74) is 0. The molecule has 3 rings (SSSR count). The molecule has 2 nitrogen and oxygen atoms in total. The number of hydrogen-bond donors (Lipinski definition) is 1. The van der Waals surface area contributed by atoms with Crippen LogP contribution in [-0.4, -0.2) is 36.6 Å². The molecule has 3 unspecified atom stereocenters. The summed E-state index contributed by atoms with van der Waals surface area (Å²) in [6.07, 6.45) is 11.9. The molecule has 3 aliphatic heterocycles. The van der Waals surface area contributed by atoms with Crippen LogP contribution in [-0.2, 0) is 0 Å². The average molecular weight is 206 g/mol. The quantitative estimate of drug-likeness (QED) is 0.658. The lowest BCUT2D eigenvalue weighted by atomic mass is 9.84. The summed E-state index contributed by atoms with van der Waals surface area (Å²) in [6, 6.07) is 1.60. The molecule has 0 saturated carbocycles. The van der Waals surface area contributed by atoms with E-state index in [4.69, 9.17) is 0 Å². The van der Waals surface area contributed by atoms with Gasteiger partial charge in [-0.05, 0) is 38.1 Å². The lowest BCUT2D eigenvalue weighted by Gasteiger charge is -2.44. The van der Waals surface area contributed by atoms with E-state index in [0.717, 1.165) is 18.5 Å². The highest BCUT2D eigenvalue weighted by Crippen LogP contribution is 2.31. The number of nitrogens with one attached hydrogen (secondary N) is 1. The van der Waals surface area contributed by atoms with Gasteiger partial charge in [0, 0.05) is 25.2 Å². The molecule has 84 valence electrons. The molecule has 2 saturated heterocycles. The van der Waals surface area contributed by atoms with E-state index in [0.29, 0.717) is 6.04 Å². The van der Waals surface area contributed by atoms with Crippen LogP contribution in [0, 0.1) is 5.92 Å². The first-order chi connectivity index (χ1) is 7.43. The van der Waals surface area contributed by atoms with E-state index in [1.165, 1.54) is 45.2 Å². The zero-order valence-corrected chi connectivity index (χ0v) is 9.49. The van der Waals surface area contributed by atoms with Gasteiger partial charge in [-0.3, -0.25) is 0 Å². The molecule has 2 fully saturated rings. The van der Waals surface area contributed by atoms with Crippen molar-refractivity contribution >= 4 is 0 Å². The van der Waals surface area contributed by atoms with Gasteiger partial charge in [0.25, 0.3) is 0 Å². The first-order valence-corrected chi connectivity index (χ1v) is 6.57. The van der Waals surface area contributed by atoms with E-state index in [9.17, 15) is 0 Å². The summed E-state index contributed by atoms with van der Waals surface area (Å²) in [5.74, 6) is 0.873. The SMILES string of the molecule is C1=CC(C2CCC3CCCCN3C2)NC1. The molecule has 3 aliphatic rings. The third-order valence-corrected chi connectivity index (χ3v) is 4.41. The van der Waals surface area contributed by atoms with Crippen LogP contribution >= 0.6 is 0 Å². The Kier molecular flexibility index (Phi) is 2.80. The summed E-state index contributed by atoms with van der Waals surface area (Å²) in [4.78, 5) is 2.76. The fourth-order valence-corrected chi connectivity index (χ4v) is 3.53. The van der Waals surface area contributed by atoms with Crippen molar-refractivity contribution in [1.29, 1.82) is 0 Å². The summed E-state index contributed by atoms with van der Waals surface area (Å²) in [6.45, 7) is 3.79. The molecule has 0 aromatic rings. The number of nitrogens with zero attached hydrogens (tertiary/aromatic N) is 1. The Morgan fingerprint density at radius 1 is 1.13 bits per heavy atom. The number of hydrogen-bond acceptors (Lipinski definition) is 2. The second-order valence-electron chi connectivity index (χ2n) is 5.34. The summed E-state index contributed by atoms with van der Waals surface area (Å²) < 4.78 is 0. The van der Waals surface area contributed by atoms with E-state index in [1.54, 1.807) is 0 Å². The Bertz CT molecular complexity index is 249. The van der Waals surface area contributed by atoms with Crippen molar-refractivity contribution in [3.05, 3.63) is 12.2 Å². The highest BCUT2D eigenvalue weighted by Gasteiger charge is 2.33. The van der Waals surface area contributed by atoms with Crippen LogP contribution in [0.15, 0.2) is 12.2 Å². The maximum Gasteiger partial charge on any atom is 0.0293 e. The summed E-state index contributed by atoms with van der Waals surface area (Å²) >= 11 is 0. The molecule has 15 heavy (non-hydrogen) atoms. The van der Waals surface area contributed by atoms with Crippen molar-refractivity contribution in [1.82, 2.24) is 10.2 Å². The predicted molar refractivity (Wildman–Crippen MR) is 62.9 cm³/mol. The predicted octanol–water partition coefficient (Wildman–Crippen LogP) is 1.78. The van der Waals surface area contributed by atoms with Gasteiger partial charge in [-0.15, -0.1) is 0 Å². The molecule has 1 N–H and O–H groups in total. The Morgan fingerprint density at radius 3 is 3.00 bits per heavy atom. The largest absolute Gasteiger partial charge is 0.307 e. The van der Waals surface area contributed by atoms with Crippen LogP contribution in [0.2, 0.25) is 0 Å². The Hall–Kier alpha value is -0.340. The van der Waals surface area contributed by atoms with Gasteiger partial charge in [0.1, 0.15) is 0 Å². The van der Waals surface area contributed by atoms with Crippen molar-refractivity contribution in [2.24, 2.45) is 5.92 Å². The van der Waals surface area contributed by atoms with E-state index in [1.807, 2.05) is 0 Å². The van der Waals surface area contributed by atoms with E-state index >= 15 is 0 Å². The maximum atomic E-state index is 3.58. The Balaban J connectivity index is 1.61. The smallest absolute Gasteiger partial charge is 0.0293 e. The molecule has 0 aromatic carbocycles. The first-order valence-electron chi connectivity index (χ1n) is 6.57. The third-order valence-electron chi connectivity index (χ3n) is 4.41. The van der Waals surface area contributed by atoms with Crippen LogP contribution in [0.3, 0.4) is 0 Å². The molecule has 0 amide bonds.